The Morgan fingerprint density at radius 1 is 1.08 bits per heavy atom. The van der Waals surface area contributed by atoms with E-state index < -0.39 is 26.8 Å². The molecular formula is C24H20N4O7S2. The number of methoxy groups -OCH3 is 1. The van der Waals surface area contributed by atoms with Gasteiger partial charge >= 0.3 is 5.97 Å². The first-order valence-corrected chi connectivity index (χ1v) is 12.9. The molecule has 13 heteroatoms. The van der Waals surface area contributed by atoms with E-state index in [2.05, 4.69) is 4.99 Å². The average molecular weight is 541 g/mol. The number of nitro benzene ring substituents is 1. The van der Waals surface area contributed by atoms with Crippen LogP contribution >= 0.6 is 11.3 Å². The quantitative estimate of drug-likeness (QED) is 0.199. The van der Waals surface area contributed by atoms with Crippen molar-refractivity contribution in [2.24, 2.45) is 4.99 Å². The summed E-state index contributed by atoms with van der Waals surface area (Å²) >= 11 is 1.00. The molecule has 1 aromatic heterocycles. The van der Waals surface area contributed by atoms with Gasteiger partial charge in [-0.15, -0.1) is 0 Å². The number of rotatable bonds is 7. The number of hydrogen-bond donors (Lipinski definition) is 0. The van der Waals surface area contributed by atoms with E-state index in [4.69, 9.17) is 4.74 Å². The Morgan fingerprint density at radius 2 is 1.76 bits per heavy atom. The van der Waals surface area contributed by atoms with Crippen LogP contribution in [0.15, 0.2) is 82.7 Å². The number of benzene rings is 3. The average Bonchev–Trinajstić information content (AvgIpc) is 3.24. The predicted octanol–water partition coefficient (Wildman–Crippen LogP) is 3.35. The third-order valence-electron chi connectivity index (χ3n) is 5.47. The van der Waals surface area contributed by atoms with Crippen LogP contribution in [0, 0.1) is 10.1 Å². The van der Waals surface area contributed by atoms with Gasteiger partial charge < -0.3 is 9.30 Å². The van der Waals surface area contributed by atoms with E-state index in [9.17, 15) is 28.1 Å². The minimum atomic E-state index is -3.86. The summed E-state index contributed by atoms with van der Waals surface area (Å²) in [5.74, 6) is -1.27. The Morgan fingerprint density at radius 3 is 2.38 bits per heavy atom. The van der Waals surface area contributed by atoms with E-state index in [-0.39, 0.29) is 27.5 Å². The molecule has 0 atom stereocenters. The zero-order valence-corrected chi connectivity index (χ0v) is 21.2. The van der Waals surface area contributed by atoms with E-state index in [0.29, 0.717) is 15.9 Å². The molecule has 0 spiro atoms. The largest absolute Gasteiger partial charge is 0.468 e. The second kappa shape index (κ2) is 10.3. The maximum absolute atomic E-state index is 13.0. The molecule has 1 heterocycles. The maximum Gasteiger partial charge on any atom is 0.325 e. The fourth-order valence-corrected chi connectivity index (χ4v) is 5.72. The summed E-state index contributed by atoms with van der Waals surface area (Å²) in [6.07, 6.45) is 0. The van der Waals surface area contributed by atoms with Gasteiger partial charge in [-0.3, -0.25) is 24.0 Å². The van der Waals surface area contributed by atoms with Gasteiger partial charge in [0.05, 0.1) is 32.8 Å². The van der Waals surface area contributed by atoms with Crippen molar-refractivity contribution in [3.8, 4) is 0 Å². The molecule has 0 saturated heterocycles. The van der Waals surface area contributed by atoms with Crippen LogP contribution in [-0.2, 0) is 26.1 Å². The number of thiazole rings is 1. The van der Waals surface area contributed by atoms with E-state index in [1.54, 1.807) is 30.3 Å². The third kappa shape index (κ3) is 5.27. The Kier molecular flexibility index (Phi) is 7.18. The smallest absolute Gasteiger partial charge is 0.325 e. The third-order valence-corrected chi connectivity index (χ3v) is 8.31. The number of non-ortho nitro benzene ring substituents is 1. The van der Waals surface area contributed by atoms with Gasteiger partial charge in [0.15, 0.2) is 4.80 Å². The topological polar surface area (TPSA) is 141 Å². The van der Waals surface area contributed by atoms with Gasteiger partial charge in [0.2, 0.25) is 0 Å². The molecule has 0 radical (unpaired) electrons. The Balaban J connectivity index is 1.69. The molecule has 0 unspecified atom stereocenters. The molecule has 1 amide bonds. The summed E-state index contributed by atoms with van der Waals surface area (Å²) in [6, 6.07) is 18.0. The molecule has 4 aromatic rings. The zero-order chi connectivity index (χ0) is 26.7. The van der Waals surface area contributed by atoms with Crippen molar-refractivity contribution in [3.63, 3.8) is 0 Å². The second-order valence-electron chi connectivity index (χ2n) is 7.71. The lowest BCUT2D eigenvalue weighted by Gasteiger charge is -2.19. The number of hydrogen-bond acceptors (Lipinski definition) is 8. The Bertz CT molecular complexity index is 1680. The molecule has 0 bridgehead atoms. The van der Waals surface area contributed by atoms with E-state index >= 15 is 0 Å². The van der Waals surface area contributed by atoms with Gasteiger partial charge in [0, 0.05) is 24.7 Å². The van der Waals surface area contributed by atoms with Crippen LogP contribution in [0.5, 0.6) is 0 Å². The highest BCUT2D eigenvalue weighted by Gasteiger charge is 2.22. The number of nitrogens with zero attached hydrogens (tertiary/aromatic N) is 4. The number of carbonyl (C=O) groups is 2. The molecule has 11 nitrogen and oxygen atoms in total. The van der Waals surface area contributed by atoms with Crippen molar-refractivity contribution in [1.29, 1.82) is 0 Å². The van der Waals surface area contributed by atoms with E-state index in [1.807, 2.05) is 0 Å². The van der Waals surface area contributed by atoms with E-state index in [0.717, 1.165) is 15.6 Å². The number of anilines is 1. The first-order valence-electron chi connectivity index (χ1n) is 10.7. The number of fused-ring (bicyclic) bond motifs is 1. The van der Waals surface area contributed by atoms with Gasteiger partial charge in [-0.25, -0.2) is 8.42 Å². The summed E-state index contributed by atoms with van der Waals surface area (Å²) in [4.78, 5) is 39.7. The van der Waals surface area contributed by atoms with Gasteiger partial charge in [-0.1, -0.05) is 29.5 Å². The van der Waals surface area contributed by atoms with Crippen LogP contribution < -0.4 is 9.11 Å². The van der Waals surface area contributed by atoms with Gasteiger partial charge in [-0.05, 0) is 42.5 Å². The lowest BCUT2D eigenvalue weighted by Crippen LogP contribution is -2.26. The lowest BCUT2D eigenvalue weighted by molar-refractivity contribution is -0.384. The Hall–Kier alpha value is -4.36. The number of aromatic nitrogens is 1. The van der Waals surface area contributed by atoms with Crippen LogP contribution in [-0.4, -0.2) is 43.9 Å². The molecule has 0 aliphatic heterocycles. The fourth-order valence-electron chi connectivity index (χ4n) is 3.46. The van der Waals surface area contributed by atoms with Crippen molar-refractivity contribution in [2.75, 3.05) is 18.5 Å². The van der Waals surface area contributed by atoms with Gasteiger partial charge in [-0.2, -0.15) is 4.99 Å². The minimum absolute atomic E-state index is 0.00895. The maximum atomic E-state index is 13.0. The summed E-state index contributed by atoms with van der Waals surface area (Å²) in [7, 11) is -1.21. The van der Waals surface area contributed by atoms with Crippen molar-refractivity contribution < 1.29 is 27.7 Å². The Labute approximate surface area is 215 Å². The summed E-state index contributed by atoms with van der Waals surface area (Å²) in [5, 5.41) is 11.1. The molecule has 190 valence electrons. The molecule has 0 aliphatic rings. The predicted molar refractivity (Wildman–Crippen MR) is 137 cm³/mol. The molecule has 4 rings (SSSR count). The monoisotopic (exact) mass is 540 g/mol. The molecule has 0 saturated carbocycles. The van der Waals surface area contributed by atoms with Crippen LogP contribution in [0.1, 0.15) is 10.4 Å². The second-order valence-corrected chi connectivity index (χ2v) is 10.7. The molecule has 0 aliphatic carbocycles. The van der Waals surface area contributed by atoms with Crippen molar-refractivity contribution in [1.82, 2.24) is 4.57 Å². The number of sulfonamides is 1. The number of amides is 1. The molecule has 37 heavy (non-hydrogen) atoms. The highest BCUT2D eigenvalue weighted by Crippen LogP contribution is 2.24. The van der Waals surface area contributed by atoms with Crippen LogP contribution in [0.25, 0.3) is 10.2 Å². The van der Waals surface area contributed by atoms with Gasteiger partial charge in [0.1, 0.15) is 6.54 Å². The van der Waals surface area contributed by atoms with E-state index in [1.165, 1.54) is 61.2 Å². The number of nitro groups is 1. The van der Waals surface area contributed by atoms with Crippen LogP contribution in [0.2, 0.25) is 0 Å². The first kappa shape index (κ1) is 25.7. The normalized spacial score (nSPS) is 11.9. The lowest BCUT2D eigenvalue weighted by atomic mass is 10.2. The van der Waals surface area contributed by atoms with Gasteiger partial charge in [0.25, 0.3) is 21.6 Å². The number of esters is 1. The number of para-hydroxylation sites is 1. The highest BCUT2D eigenvalue weighted by molar-refractivity contribution is 7.92. The summed E-state index contributed by atoms with van der Waals surface area (Å²) in [6.45, 7) is -0.260. The molecular weight excluding hydrogens is 520 g/mol. The highest BCUT2D eigenvalue weighted by atomic mass is 32.2. The molecule has 0 fully saturated rings. The summed E-state index contributed by atoms with van der Waals surface area (Å²) < 4.78 is 33.7. The van der Waals surface area contributed by atoms with Crippen LogP contribution in [0.3, 0.4) is 0 Å². The molecule has 3 aromatic carbocycles. The zero-order valence-electron chi connectivity index (χ0n) is 19.6. The summed E-state index contributed by atoms with van der Waals surface area (Å²) in [5.41, 5.74) is 0.930. The standard InChI is InChI=1S/C24H20N4O7S2/c1-26(17-6-4-3-5-7-17)37(33,34)19-11-8-16(9-12-19)23(30)25-24-27(15-22(29)35-2)20-13-10-18(28(31)32)14-21(20)36-24/h3-14H,15H2,1-2H3. The molecule has 0 N–H and O–H groups in total. The van der Waals surface area contributed by atoms with Crippen molar-refractivity contribution in [3.05, 3.63) is 93.3 Å². The minimum Gasteiger partial charge on any atom is -0.468 e. The first-order chi connectivity index (χ1) is 17.6. The SMILES string of the molecule is COC(=O)Cn1c(=NC(=O)c2ccc(S(=O)(=O)N(C)c3ccccc3)cc2)sc2cc([N+](=O)[O-])ccc21. The van der Waals surface area contributed by atoms with Crippen molar-refractivity contribution in [2.45, 2.75) is 11.4 Å². The van der Waals surface area contributed by atoms with Crippen LogP contribution in [0.4, 0.5) is 11.4 Å². The fraction of sp³-hybridized carbons (Fsp3) is 0.125. The van der Waals surface area contributed by atoms with Crippen molar-refractivity contribution >= 4 is 54.8 Å². The number of ether oxygens (including phenoxy) is 1. The number of carbonyl (C=O) groups excluding carboxylic acids is 2.